The highest BCUT2D eigenvalue weighted by Crippen LogP contribution is 2.40. The van der Waals surface area contributed by atoms with Crippen LogP contribution in [0.3, 0.4) is 0 Å². The van der Waals surface area contributed by atoms with Gasteiger partial charge in [-0.3, -0.25) is 9.79 Å². The number of carboxylic acids is 1. The van der Waals surface area contributed by atoms with Crippen LogP contribution in [0.4, 0.5) is 0 Å². The van der Waals surface area contributed by atoms with Crippen molar-refractivity contribution in [3.8, 4) is 0 Å². The zero-order valence-corrected chi connectivity index (χ0v) is 9.63. The Kier molecular flexibility index (Phi) is 7.47. The number of nitrogens with zero attached hydrogens (tertiary/aromatic N) is 1. The van der Waals surface area contributed by atoms with Crippen LogP contribution in [0.1, 0.15) is 6.42 Å². The molecule has 0 heterocycles. The molecule has 0 bridgehead atoms. The lowest BCUT2D eigenvalue weighted by molar-refractivity contribution is -0.139. The minimum absolute atomic E-state index is 0. The van der Waals surface area contributed by atoms with Gasteiger partial charge in [-0.05, 0) is 18.3 Å². The Morgan fingerprint density at radius 2 is 2.00 bits per heavy atom. The molecule has 1 saturated carbocycles. The minimum Gasteiger partial charge on any atom is -0.480 e. The molecule has 0 aromatic heterocycles. The summed E-state index contributed by atoms with van der Waals surface area (Å²) in [6.07, 6.45) is 0.796. The van der Waals surface area contributed by atoms with Crippen molar-refractivity contribution >= 4 is 36.7 Å². The monoisotopic (exact) mass is 258 g/mol. The molecule has 0 saturated heterocycles. The summed E-state index contributed by atoms with van der Waals surface area (Å²) >= 11 is 0. The van der Waals surface area contributed by atoms with E-state index in [0.717, 1.165) is 6.42 Å². The van der Waals surface area contributed by atoms with Gasteiger partial charge in [0, 0.05) is 6.54 Å². The van der Waals surface area contributed by atoms with Gasteiger partial charge in [-0.2, -0.15) is 0 Å². The van der Waals surface area contributed by atoms with Crippen molar-refractivity contribution in [2.24, 2.45) is 34.0 Å². The molecule has 0 aromatic carbocycles. The SMILES string of the molecule is Cl.Cl.NC(N)=NC[C@@H]1C[C@@H]1[C@H](N)C(=O)O. The normalized spacial score (nSPS) is 24.1. The summed E-state index contributed by atoms with van der Waals surface area (Å²) in [7, 11) is 0. The number of aliphatic imine (C=N–C) groups is 1. The molecule has 0 aromatic rings. The van der Waals surface area contributed by atoms with Crippen LogP contribution in [0.2, 0.25) is 0 Å². The minimum atomic E-state index is -0.961. The fourth-order valence-corrected chi connectivity index (χ4v) is 1.33. The number of carboxylic acid groups (broad SMARTS) is 1. The molecule has 7 N–H and O–H groups in total. The molecule has 1 rings (SSSR count). The van der Waals surface area contributed by atoms with E-state index in [-0.39, 0.29) is 42.6 Å². The molecule has 0 spiro atoms. The van der Waals surface area contributed by atoms with Crippen molar-refractivity contribution in [2.45, 2.75) is 12.5 Å². The van der Waals surface area contributed by atoms with Crippen LogP contribution in [0.25, 0.3) is 0 Å². The molecule has 6 nitrogen and oxygen atoms in total. The van der Waals surface area contributed by atoms with Crippen LogP contribution in [-0.2, 0) is 4.79 Å². The molecule has 1 aliphatic carbocycles. The fraction of sp³-hybridized carbons (Fsp3) is 0.714. The van der Waals surface area contributed by atoms with E-state index in [1.165, 1.54) is 0 Å². The average Bonchev–Trinajstić information content (AvgIpc) is 2.78. The molecule has 1 fully saturated rings. The molecule has 0 amide bonds. The van der Waals surface area contributed by atoms with Crippen LogP contribution < -0.4 is 17.2 Å². The maximum Gasteiger partial charge on any atom is 0.320 e. The lowest BCUT2D eigenvalue weighted by atomic mass is 10.1. The first-order valence-corrected chi connectivity index (χ1v) is 4.06. The third-order valence-electron chi connectivity index (χ3n) is 2.23. The average molecular weight is 259 g/mol. The number of rotatable bonds is 4. The first kappa shape index (κ1) is 16.7. The zero-order valence-electron chi connectivity index (χ0n) is 8.00. The van der Waals surface area contributed by atoms with Crippen LogP contribution in [-0.4, -0.2) is 29.6 Å². The Morgan fingerprint density at radius 3 is 2.40 bits per heavy atom. The number of hydrogen-bond donors (Lipinski definition) is 4. The van der Waals surface area contributed by atoms with Gasteiger partial charge in [0.15, 0.2) is 5.96 Å². The van der Waals surface area contributed by atoms with Gasteiger partial charge < -0.3 is 22.3 Å². The summed E-state index contributed by atoms with van der Waals surface area (Å²) in [6, 6.07) is -0.779. The van der Waals surface area contributed by atoms with Crippen molar-refractivity contribution in [3.05, 3.63) is 0 Å². The fourth-order valence-electron chi connectivity index (χ4n) is 1.33. The van der Waals surface area contributed by atoms with Gasteiger partial charge in [0.2, 0.25) is 0 Å². The molecule has 0 unspecified atom stereocenters. The molecule has 0 radical (unpaired) electrons. The number of guanidine groups is 1. The highest BCUT2D eigenvalue weighted by Gasteiger charge is 2.44. The predicted octanol–water partition coefficient (Wildman–Crippen LogP) is -0.849. The number of halogens is 2. The standard InChI is InChI=1S/C7H14N4O2.2ClH/c8-5(6(12)13)4-1-3(4)2-11-7(9)10;;/h3-5H,1-2,8H2,(H,12,13)(H4,9,10,11);2*1H/t3-,4-,5-;;/m0../s1. The van der Waals surface area contributed by atoms with Gasteiger partial charge in [-0.15, -0.1) is 24.8 Å². The van der Waals surface area contributed by atoms with E-state index in [1.807, 2.05) is 0 Å². The summed E-state index contributed by atoms with van der Waals surface area (Å²) in [4.78, 5) is 14.3. The Balaban J connectivity index is 0. The zero-order chi connectivity index (χ0) is 10.0. The summed E-state index contributed by atoms with van der Waals surface area (Å²) in [6.45, 7) is 0.480. The second kappa shape index (κ2) is 6.71. The van der Waals surface area contributed by atoms with Gasteiger partial charge >= 0.3 is 5.97 Å². The smallest absolute Gasteiger partial charge is 0.320 e. The van der Waals surface area contributed by atoms with Gasteiger partial charge in [-0.1, -0.05) is 0 Å². The second-order valence-electron chi connectivity index (χ2n) is 3.29. The topological polar surface area (TPSA) is 128 Å². The van der Waals surface area contributed by atoms with Crippen LogP contribution in [0.5, 0.6) is 0 Å². The lowest BCUT2D eigenvalue weighted by Crippen LogP contribution is -2.33. The molecule has 3 atom stereocenters. The van der Waals surface area contributed by atoms with Crippen molar-refractivity contribution in [1.82, 2.24) is 0 Å². The Morgan fingerprint density at radius 1 is 1.47 bits per heavy atom. The molecule has 8 heteroatoms. The summed E-state index contributed by atoms with van der Waals surface area (Å²) < 4.78 is 0. The van der Waals surface area contributed by atoms with Crippen molar-refractivity contribution in [3.63, 3.8) is 0 Å². The number of carbonyl (C=O) groups is 1. The van der Waals surface area contributed by atoms with E-state index in [0.29, 0.717) is 6.54 Å². The molecular formula is C7H16Cl2N4O2. The lowest BCUT2D eigenvalue weighted by Gasteiger charge is -2.03. The van der Waals surface area contributed by atoms with Crippen LogP contribution in [0.15, 0.2) is 4.99 Å². The number of nitrogens with two attached hydrogens (primary N) is 3. The van der Waals surface area contributed by atoms with E-state index in [9.17, 15) is 4.79 Å². The van der Waals surface area contributed by atoms with E-state index < -0.39 is 12.0 Å². The van der Waals surface area contributed by atoms with E-state index in [4.69, 9.17) is 22.3 Å². The molecule has 15 heavy (non-hydrogen) atoms. The molecule has 0 aliphatic heterocycles. The van der Waals surface area contributed by atoms with Gasteiger partial charge in [0.05, 0.1) is 0 Å². The van der Waals surface area contributed by atoms with E-state index in [1.54, 1.807) is 0 Å². The van der Waals surface area contributed by atoms with E-state index in [2.05, 4.69) is 4.99 Å². The molecular weight excluding hydrogens is 243 g/mol. The largest absolute Gasteiger partial charge is 0.480 e. The Labute approximate surface area is 100 Å². The highest BCUT2D eigenvalue weighted by atomic mass is 35.5. The molecule has 90 valence electrons. The summed E-state index contributed by atoms with van der Waals surface area (Å²) in [5.74, 6) is -0.666. The van der Waals surface area contributed by atoms with Crippen molar-refractivity contribution in [2.75, 3.05) is 6.54 Å². The quantitative estimate of drug-likeness (QED) is 0.386. The number of aliphatic carboxylic acids is 1. The maximum atomic E-state index is 10.5. The summed E-state index contributed by atoms with van der Waals surface area (Å²) in [5, 5.41) is 8.58. The maximum absolute atomic E-state index is 10.5. The van der Waals surface area contributed by atoms with Gasteiger partial charge in [-0.25, -0.2) is 0 Å². The van der Waals surface area contributed by atoms with Gasteiger partial charge in [0.1, 0.15) is 6.04 Å². The first-order chi connectivity index (χ1) is 6.02. The summed E-state index contributed by atoms with van der Waals surface area (Å²) in [5.41, 5.74) is 15.7. The van der Waals surface area contributed by atoms with Crippen molar-refractivity contribution in [1.29, 1.82) is 0 Å². The van der Waals surface area contributed by atoms with Crippen molar-refractivity contribution < 1.29 is 9.90 Å². The number of hydrogen-bond acceptors (Lipinski definition) is 3. The Hall–Kier alpha value is -0.720. The van der Waals surface area contributed by atoms with Gasteiger partial charge in [0.25, 0.3) is 0 Å². The second-order valence-corrected chi connectivity index (χ2v) is 3.29. The van der Waals surface area contributed by atoms with Crippen LogP contribution >= 0.6 is 24.8 Å². The molecule has 1 aliphatic rings. The predicted molar refractivity (Wildman–Crippen MR) is 62.4 cm³/mol. The first-order valence-electron chi connectivity index (χ1n) is 4.06. The third kappa shape index (κ3) is 5.06. The highest BCUT2D eigenvalue weighted by molar-refractivity contribution is 5.85. The van der Waals surface area contributed by atoms with E-state index >= 15 is 0 Å². The van der Waals surface area contributed by atoms with Crippen LogP contribution in [0, 0.1) is 11.8 Å². The Bertz CT molecular complexity index is 245. The third-order valence-corrected chi connectivity index (χ3v) is 2.23.